The average Bonchev–Trinajstić information content (AvgIpc) is 3.66. The van der Waals surface area contributed by atoms with Crippen LogP contribution in [-0.2, 0) is 0 Å². The van der Waals surface area contributed by atoms with Gasteiger partial charge in [0.1, 0.15) is 0 Å². The van der Waals surface area contributed by atoms with E-state index in [1.807, 2.05) is 12.3 Å². The van der Waals surface area contributed by atoms with Crippen LogP contribution in [0.4, 0.5) is 0 Å². The van der Waals surface area contributed by atoms with E-state index in [2.05, 4.69) is 133 Å². The van der Waals surface area contributed by atoms with Gasteiger partial charge in [0.25, 0.3) is 0 Å². The van der Waals surface area contributed by atoms with E-state index in [0.29, 0.717) is 0 Å². The molecule has 0 radical (unpaired) electrons. The molecule has 11 rings (SSSR count). The van der Waals surface area contributed by atoms with Crippen molar-refractivity contribution in [3.05, 3.63) is 151 Å². The molecule has 222 valence electrons. The molecule has 2 heteroatoms. The Kier molecular flexibility index (Phi) is 5.25. The summed E-state index contributed by atoms with van der Waals surface area (Å²) in [7, 11) is 0. The molecular formula is C46H28N2. The Morgan fingerprint density at radius 1 is 0.458 bits per heavy atom. The van der Waals surface area contributed by atoms with E-state index >= 15 is 0 Å². The number of hydrogen-bond acceptors (Lipinski definition) is 2. The molecule has 7 aromatic carbocycles. The van der Waals surface area contributed by atoms with Crippen molar-refractivity contribution in [1.82, 2.24) is 4.98 Å². The normalized spacial score (nSPS) is 13.7. The maximum Gasteiger partial charge on any atom is 0.0714 e. The van der Waals surface area contributed by atoms with E-state index in [4.69, 9.17) is 9.98 Å². The number of nitrogens with zero attached hydrogens (tertiary/aromatic N) is 2. The third-order valence-electron chi connectivity index (χ3n) is 10.6. The van der Waals surface area contributed by atoms with Gasteiger partial charge in [-0.2, -0.15) is 0 Å². The van der Waals surface area contributed by atoms with Crippen LogP contribution in [0.15, 0.2) is 151 Å². The lowest BCUT2D eigenvalue weighted by Crippen LogP contribution is -2.07. The van der Waals surface area contributed by atoms with Gasteiger partial charge < -0.3 is 0 Å². The monoisotopic (exact) mass is 608 g/mol. The van der Waals surface area contributed by atoms with Gasteiger partial charge in [0.2, 0.25) is 0 Å². The fourth-order valence-corrected chi connectivity index (χ4v) is 8.72. The summed E-state index contributed by atoms with van der Waals surface area (Å²) in [5.74, 6) is 0. The van der Waals surface area contributed by atoms with Gasteiger partial charge in [0.15, 0.2) is 0 Å². The summed E-state index contributed by atoms with van der Waals surface area (Å²) >= 11 is 0. The number of fused-ring (bicyclic) bond motifs is 7. The summed E-state index contributed by atoms with van der Waals surface area (Å²) in [5.41, 5.74) is 17.4. The van der Waals surface area contributed by atoms with Gasteiger partial charge in [-0.1, -0.05) is 115 Å². The van der Waals surface area contributed by atoms with Crippen molar-refractivity contribution in [2.75, 3.05) is 6.54 Å². The van der Waals surface area contributed by atoms with Gasteiger partial charge in [0, 0.05) is 35.0 Å². The number of pyridine rings is 1. The van der Waals surface area contributed by atoms with E-state index < -0.39 is 0 Å². The topological polar surface area (TPSA) is 25.2 Å². The van der Waals surface area contributed by atoms with E-state index in [1.165, 1.54) is 99.1 Å². The van der Waals surface area contributed by atoms with Crippen molar-refractivity contribution in [1.29, 1.82) is 0 Å². The van der Waals surface area contributed by atoms with Crippen LogP contribution in [0.1, 0.15) is 12.0 Å². The smallest absolute Gasteiger partial charge is 0.0714 e. The number of rotatable bonds is 3. The highest BCUT2D eigenvalue weighted by molar-refractivity contribution is 6.32. The maximum absolute atomic E-state index is 5.10. The zero-order valence-corrected chi connectivity index (χ0v) is 26.2. The second-order valence-electron chi connectivity index (χ2n) is 13.1. The van der Waals surface area contributed by atoms with E-state index in [0.717, 1.165) is 24.4 Å². The van der Waals surface area contributed by atoms with E-state index in [-0.39, 0.29) is 0 Å². The Bertz CT molecular complexity index is 2760. The maximum atomic E-state index is 5.10. The molecule has 0 unspecified atom stereocenters. The largest absolute Gasteiger partial charge is 0.284 e. The molecule has 48 heavy (non-hydrogen) atoms. The Morgan fingerprint density at radius 3 is 1.96 bits per heavy atom. The first kappa shape index (κ1) is 26.0. The highest BCUT2D eigenvalue weighted by Gasteiger charge is 2.32. The molecular weight excluding hydrogens is 581 g/mol. The van der Waals surface area contributed by atoms with Gasteiger partial charge in [-0.3, -0.25) is 9.98 Å². The lowest BCUT2D eigenvalue weighted by atomic mass is 9.84. The van der Waals surface area contributed by atoms with Crippen molar-refractivity contribution < 1.29 is 0 Å². The molecule has 8 aromatic rings. The molecule has 0 N–H and O–H groups in total. The average molecular weight is 609 g/mol. The summed E-state index contributed by atoms with van der Waals surface area (Å²) < 4.78 is 0. The van der Waals surface area contributed by atoms with Crippen LogP contribution < -0.4 is 0 Å². The Morgan fingerprint density at radius 2 is 1.15 bits per heavy atom. The second-order valence-corrected chi connectivity index (χ2v) is 13.1. The first-order chi connectivity index (χ1) is 23.8. The van der Waals surface area contributed by atoms with Crippen molar-refractivity contribution in [3.8, 4) is 66.9 Å². The molecule has 0 bridgehead atoms. The van der Waals surface area contributed by atoms with E-state index in [1.54, 1.807) is 0 Å². The first-order valence-corrected chi connectivity index (χ1v) is 16.8. The molecule has 2 aliphatic carbocycles. The van der Waals surface area contributed by atoms with E-state index in [9.17, 15) is 0 Å². The molecule has 2 heterocycles. The van der Waals surface area contributed by atoms with Gasteiger partial charge in [0.05, 0.1) is 11.4 Å². The molecule has 1 aliphatic heterocycles. The molecule has 0 amide bonds. The lowest BCUT2D eigenvalue weighted by molar-refractivity contribution is 0.994. The van der Waals surface area contributed by atoms with Crippen LogP contribution in [-0.4, -0.2) is 17.2 Å². The van der Waals surface area contributed by atoms with Crippen LogP contribution in [0.3, 0.4) is 0 Å². The molecule has 0 atom stereocenters. The van der Waals surface area contributed by atoms with Crippen molar-refractivity contribution in [2.45, 2.75) is 6.42 Å². The Hall–Kier alpha value is -6.12. The van der Waals surface area contributed by atoms with Crippen molar-refractivity contribution in [2.24, 2.45) is 4.99 Å². The molecule has 0 fully saturated rings. The number of hydrogen-bond donors (Lipinski definition) is 0. The minimum Gasteiger partial charge on any atom is -0.284 e. The predicted molar refractivity (Wildman–Crippen MR) is 202 cm³/mol. The summed E-state index contributed by atoms with van der Waals surface area (Å²) in [5, 5.41) is 7.69. The zero-order chi connectivity index (χ0) is 31.3. The fraction of sp³-hybridized carbons (Fsp3) is 0.0435. The van der Waals surface area contributed by atoms with Crippen molar-refractivity contribution >= 4 is 38.0 Å². The summed E-state index contributed by atoms with van der Waals surface area (Å²) in [6.07, 6.45) is 7.38. The quantitative estimate of drug-likeness (QED) is 0.196. The standard InChI is InChI=1S/C46H28N2/c1-2-13-34-33(12-1)43(39-18-3-5-24-47-39)45-36-17-9-16-31-29(22-23-37(42(31)36)46(45)44(34)40-19-4-6-25-48-40)28-20-21-30-32-14-7-10-27-11-8-15-35(41(27)32)38(30)26-28/h1-4,6-23,25-26H,5,24H2. The first-order valence-electron chi connectivity index (χ1n) is 16.8. The van der Waals surface area contributed by atoms with Crippen LogP contribution in [0.2, 0.25) is 0 Å². The minimum absolute atomic E-state index is 0.814. The fourth-order valence-electron chi connectivity index (χ4n) is 8.72. The molecule has 0 saturated heterocycles. The van der Waals surface area contributed by atoms with Gasteiger partial charge in [-0.25, -0.2) is 0 Å². The third-order valence-corrected chi connectivity index (χ3v) is 10.6. The molecule has 0 saturated carbocycles. The SMILES string of the molecule is C1=CC(c2c3c(c(-c4ccccn4)c4ccccc24)-c2ccc(-c4ccc5c(c4)-c4cccc6cccc-5c46)c4cccc-3c24)=NCC1. The zero-order valence-electron chi connectivity index (χ0n) is 26.2. The van der Waals surface area contributed by atoms with Crippen LogP contribution >= 0.6 is 0 Å². The highest BCUT2D eigenvalue weighted by Crippen LogP contribution is 2.57. The third kappa shape index (κ3) is 3.41. The van der Waals surface area contributed by atoms with Gasteiger partial charge in [-0.15, -0.1) is 0 Å². The molecule has 2 nitrogen and oxygen atoms in total. The van der Waals surface area contributed by atoms with Crippen LogP contribution in [0.25, 0.3) is 99.2 Å². The van der Waals surface area contributed by atoms with Crippen LogP contribution in [0, 0.1) is 0 Å². The number of aliphatic imine (C=N–C) groups is 1. The van der Waals surface area contributed by atoms with Crippen molar-refractivity contribution in [3.63, 3.8) is 0 Å². The molecule has 3 aliphatic rings. The van der Waals surface area contributed by atoms with Crippen LogP contribution in [0.5, 0.6) is 0 Å². The summed E-state index contributed by atoms with van der Waals surface area (Å²) in [6, 6.07) is 47.0. The van der Waals surface area contributed by atoms with Gasteiger partial charge >= 0.3 is 0 Å². The summed E-state index contributed by atoms with van der Waals surface area (Å²) in [4.78, 5) is 10.0. The lowest BCUT2D eigenvalue weighted by Gasteiger charge is -2.20. The number of dihydropyridines is 1. The Labute approximate surface area is 278 Å². The second kappa shape index (κ2) is 9.70. The highest BCUT2D eigenvalue weighted by atomic mass is 14.7. The molecule has 1 aromatic heterocycles. The molecule has 0 spiro atoms. The number of allylic oxidation sites excluding steroid dienone is 1. The number of benzene rings is 7. The summed E-state index contributed by atoms with van der Waals surface area (Å²) in [6.45, 7) is 0.814. The van der Waals surface area contributed by atoms with Gasteiger partial charge in [-0.05, 0) is 108 Å². The predicted octanol–water partition coefficient (Wildman–Crippen LogP) is 11.9. The Balaban J connectivity index is 1.21. The minimum atomic E-state index is 0.814. The number of aromatic nitrogens is 1.